The van der Waals surface area contributed by atoms with E-state index in [9.17, 15) is 13.2 Å². The van der Waals surface area contributed by atoms with Gasteiger partial charge in [-0.1, -0.05) is 11.8 Å². The predicted molar refractivity (Wildman–Crippen MR) is 89.4 cm³/mol. The first-order chi connectivity index (χ1) is 11.4. The molecule has 0 unspecified atom stereocenters. The zero-order chi connectivity index (χ0) is 17.3. The Morgan fingerprint density at radius 1 is 1.50 bits per heavy atom. The van der Waals surface area contributed by atoms with Crippen LogP contribution in [0.1, 0.15) is 12.2 Å². The summed E-state index contributed by atoms with van der Waals surface area (Å²) in [6.45, 7) is 1.85. The highest BCUT2D eigenvalue weighted by Crippen LogP contribution is 2.25. The van der Waals surface area contributed by atoms with E-state index in [1.54, 1.807) is 10.8 Å². The Kier molecular flexibility index (Phi) is 4.68. The first kappa shape index (κ1) is 17.0. The lowest BCUT2D eigenvalue weighted by atomic mass is 10.2. The Balaban J connectivity index is 1.58. The molecule has 0 aliphatic carbocycles. The maximum Gasteiger partial charge on any atom is 0.230 e. The number of carbonyl (C=O) groups is 1. The molecule has 1 aliphatic rings. The highest BCUT2D eigenvalue weighted by atomic mass is 32.2. The molecule has 1 atom stereocenters. The van der Waals surface area contributed by atoms with Gasteiger partial charge < -0.3 is 14.3 Å². The average Bonchev–Trinajstić information content (AvgIpc) is 3.17. The second-order valence-corrected chi connectivity index (χ2v) is 8.88. The summed E-state index contributed by atoms with van der Waals surface area (Å²) in [6.07, 6.45) is 2.07. The second-order valence-electron chi connectivity index (χ2n) is 5.71. The fourth-order valence-corrected chi connectivity index (χ4v) is 5.00. The number of hydrogen-bond acceptors (Lipinski definition) is 7. The molecule has 24 heavy (non-hydrogen) atoms. The Hall–Kier alpha value is -1.81. The number of nitrogens with zero attached hydrogens (tertiary/aromatic N) is 3. The molecule has 2 aromatic rings. The summed E-state index contributed by atoms with van der Waals surface area (Å²) in [6, 6.07) is 1.54. The molecule has 0 radical (unpaired) electrons. The lowest BCUT2D eigenvalue weighted by Gasteiger charge is -2.10. The van der Waals surface area contributed by atoms with Crippen LogP contribution in [-0.2, 0) is 21.7 Å². The maximum atomic E-state index is 12.0. The molecule has 1 fully saturated rings. The molecule has 10 heteroatoms. The van der Waals surface area contributed by atoms with Crippen LogP contribution in [0.2, 0.25) is 0 Å². The molecule has 1 saturated heterocycles. The van der Waals surface area contributed by atoms with E-state index >= 15 is 0 Å². The molecule has 1 amide bonds. The lowest BCUT2D eigenvalue weighted by molar-refractivity contribution is -0.119. The van der Waals surface area contributed by atoms with Crippen LogP contribution in [0.15, 0.2) is 21.9 Å². The van der Waals surface area contributed by atoms with Gasteiger partial charge in [0, 0.05) is 13.1 Å². The molecular weight excluding hydrogens is 352 g/mol. The molecule has 0 aromatic carbocycles. The Bertz CT molecular complexity index is 856. The normalized spacial score (nSPS) is 19.5. The predicted octanol–water partition coefficient (Wildman–Crippen LogP) is 0.779. The number of thioether (sulfide) groups is 1. The minimum atomic E-state index is -3.00. The van der Waals surface area contributed by atoms with E-state index in [0.29, 0.717) is 17.4 Å². The minimum Gasteiger partial charge on any atom is -0.469 e. The number of furan rings is 1. The van der Waals surface area contributed by atoms with E-state index in [1.807, 2.05) is 20.0 Å². The van der Waals surface area contributed by atoms with Crippen LogP contribution in [0.3, 0.4) is 0 Å². The summed E-state index contributed by atoms with van der Waals surface area (Å²) in [7, 11) is -1.17. The second kappa shape index (κ2) is 6.60. The molecule has 1 N–H and O–H groups in total. The molecule has 0 bridgehead atoms. The van der Waals surface area contributed by atoms with Gasteiger partial charge in [-0.2, -0.15) is 0 Å². The van der Waals surface area contributed by atoms with Crippen LogP contribution in [0.4, 0.5) is 0 Å². The smallest absolute Gasteiger partial charge is 0.230 e. The monoisotopic (exact) mass is 370 g/mol. The van der Waals surface area contributed by atoms with Crippen LogP contribution in [-0.4, -0.2) is 52.4 Å². The van der Waals surface area contributed by atoms with Crippen molar-refractivity contribution in [2.45, 2.75) is 24.5 Å². The standard InChI is InChI=1S/C14H18N4O4S2/c1-9-11(3-5-22-9)13-16-17-14(18(13)2)23-7-12(19)15-10-4-6-24(20,21)8-10/h3,5,10H,4,6-8H2,1-2H3,(H,15,19)/t10-/m0/s1. The fraction of sp³-hybridized carbons (Fsp3) is 0.500. The van der Waals surface area contributed by atoms with E-state index in [0.717, 1.165) is 11.3 Å². The van der Waals surface area contributed by atoms with E-state index in [1.165, 1.54) is 11.8 Å². The summed E-state index contributed by atoms with van der Waals surface area (Å²) in [5, 5.41) is 11.6. The minimum absolute atomic E-state index is 0.0251. The van der Waals surface area contributed by atoms with Crippen molar-refractivity contribution < 1.29 is 17.6 Å². The Morgan fingerprint density at radius 2 is 2.29 bits per heavy atom. The number of rotatable bonds is 5. The number of amides is 1. The number of aromatic nitrogens is 3. The van der Waals surface area contributed by atoms with E-state index < -0.39 is 9.84 Å². The quantitative estimate of drug-likeness (QED) is 0.775. The fourth-order valence-electron chi connectivity index (χ4n) is 2.60. The molecule has 1 aliphatic heterocycles. The van der Waals surface area contributed by atoms with E-state index in [4.69, 9.17) is 4.42 Å². The van der Waals surface area contributed by atoms with E-state index in [2.05, 4.69) is 15.5 Å². The van der Waals surface area contributed by atoms with Crippen molar-refractivity contribution in [3.8, 4) is 11.4 Å². The summed E-state index contributed by atoms with van der Waals surface area (Å²) in [5.41, 5.74) is 0.859. The number of sulfone groups is 1. The number of hydrogen-bond donors (Lipinski definition) is 1. The summed E-state index contributed by atoms with van der Waals surface area (Å²) in [4.78, 5) is 12.0. The summed E-state index contributed by atoms with van der Waals surface area (Å²) < 4.78 is 29.9. The third-order valence-electron chi connectivity index (χ3n) is 3.86. The molecular formula is C14H18N4O4S2. The van der Waals surface area contributed by atoms with Crippen molar-refractivity contribution >= 4 is 27.5 Å². The highest BCUT2D eigenvalue weighted by Gasteiger charge is 2.29. The molecule has 0 saturated carbocycles. The summed E-state index contributed by atoms with van der Waals surface area (Å²) in [5.74, 6) is 1.55. The third-order valence-corrected chi connectivity index (χ3v) is 6.65. The maximum absolute atomic E-state index is 12.0. The van der Waals surface area contributed by atoms with Crippen molar-refractivity contribution in [1.82, 2.24) is 20.1 Å². The first-order valence-corrected chi connectivity index (χ1v) is 10.2. The van der Waals surface area contributed by atoms with Gasteiger partial charge in [-0.3, -0.25) is 4.79 Å². The molecule has 3 rings (SSSR count). The number of carbonyl (C=O) groups excluding carboxylic acids is 1. The lowest BCUT2D eigenvalue weighted by Crippen LogP contribution is -2.36. The van der Waals surface area contributed by atoms with Gasteiger partial charge in [0.1, 0.15) is 5.76 Å². The molecule has 3 heterocycles. The van der Waals surface area contributed by atoms with Crippen LogP contribution >= 0.6 is 11.8 Å². The zero-order valence-electron chi connectivity index (χ0n) is 13.4. The van der Waals surface area contributed by atoms with Gasteiger partial charge >= 0.3 is 0 Å². The Morgan fingerprint density at radius 3 is 2.92 bits per heavy atom. The van der Waals surface area contributed by atoms with Crippen molar-refractivity contribution in [1.29, 1.82) is 0 Å². The molecule has 130 valence electrons. The number of aryl methyl sites for hydroxylation is 1. The third kappa shape index (κ3) is 3.64. The van der Waals surface area contributed by atoms with Gasteiger partial charge in [-0.05, 0) is 19.4 Å². The number of nitrogens with one attached hydrogen (secondary N) is 1. The van der Waals surface area contributed by atoms with Crippen molar-refractivity contribution in [3.63, 3.8) is 0 Å². The van der Waals surface area contributed by atoms with E-state index in [-0.39, 0.29) is 29.2 Å². The van der Waals surface area contributed by atoms with Gasteiger partial charge in [0.05, 0.1) is 29.1 Å². The van der Waals surface area contributed by atoms with Gasteiger partial charge in [-0.15, -0.1) is 10.2 Å². The van der Waals surface area contributed by atoms with Gasteiger partial charge in [0.2, 0.25) is 5.91 Å². The average molecular weight is 370 g/mol. The molecule has 8 nitrogen and oxygen atoms in total. The van der Waals surface area contributed by atoms with Gasteiger partial charge in [0.25, 0.3) is 0 Å². The largest absolute Gasteiger partial charge is 0.469 e. The highest BCUT2D eigenvalue weighted by molar-refractivity contribution is 7.99. The van der Waals surface area contributed by atoms with Crippen LogP contribution in [0.25, 0.3) is 11.4 Å². The van der Waals surface area contributed by atoms with Crippen LogP contribution < -0.4 is 5.32 Å². The topological polar surface area (TPSA) is 107 Å². The van der Waals surface area contributed by atoms with Gasteiger partial charge in [0.15, 0.2) is 20.8 Å². The van der Waals surface area contributed by atoms with Crippen molar-refractivity contribution in [3.05, 3.63) is 18.1 Å². The van der Waals surface area contributed by atoms with Gasteiger partial charge in [-0.25, -0.2) is 8.42 Å². The molecule has 2 aromatic heterocycles. The summed E-state index contributed by atoms with van der Waals surface area (Å²) >= 11 is 1.26. The zero-order valence-corrected chi connectivity index (χ0v) is 15.0. The van der Waals surface area contributed by atoms with Crippen molar-refractivity contribution in [2.75, 3.05) is 17.3 Å². The van der Waals surface area contributed by atoms with Crippen LogP contribution in [0, 0.1) is 6.92 Å². The SMILES string of the molecule is Cc1occc1-c1nnc(SCC(=O)N[C@H]2CCS(=O)(=O)C2)n1C. The van der Waals surface area contributed by atoms with Crippen LogP contribution in [0.5, 0.6) is 0 Å². The molecule has 0 spiro atoms. The Labute approximate surface area is 143 Å². The first-order valence-electron chi connectivity index (χ1n) is 7.42. The van der Waals surface area contributed by atoms with Crippen molar-refractivity contribution in [2.24, 2.45) is 7.05 Å².